The molecule has 0 rings (SSSR count). The van der Waals surface area contributed by atoms with E-state index >= 15 is 0 Å². The van der Waals surface area contributed by atoms with E-state index in [4.69, 9.17) is 21.1 Å². The zero-order chi connectivity index (χ0) is 11.1. The van der Waals surface area contributed by atoms with Gasteiger partial charge in [0.1, 0.15) is 6.04 Å². The van der Waals surface area contributed by atoms with Crippen LogP contribution < -0.4 is 11.2 Å². The molecule has 0 spiro atoms. The van der Waals surface area contributed by atoms with E-state index in [0.717, 1.165) is 0 Å². The summed E-state index contributed by atoms with van der Waals surface area (Å²) in [6.07, 6.45) is 0.322. The van der Waals surface area contributed by atoms with Crippen LogP contribution in [-0.2, 0) is 9.63 Å². The molecule has 5 N–H and O–H groups in total. The Morgan fingerprint density at radius 3 is 2.64 bits per heavy atom. The first-order chi connectivity index (χ1) is 6.45. The van der Waals surface area contributed by atoms with Gasteiger partial charge in [0.25, 0.3) is 0 Å². The normalized spacial score (nSPS) is 12.5. The Bertz CT molecular complexity index is 207. The maximum atomic E-state index is 10.7. The SMILES string of the molecule is CN(C)[C@@H](CCONC(=N)N)C(=O)O. The number of likely N-dealkylation sites (N-methyl/N-ethyl adjacent to an activating group) is 1. The van der Waals surface area contributed by atoms with Crippen LogP contribution in [-0.4, -0.2) is 48.7 Å². The number of carbonyl (C=O) groups is 1. The van der Waals surface area contributed by atoms with Gasteiger partial charge in [0.15, 0.2) is 0 Å². The monoisotopic (exact) mass is 204 g/mol. The smallest absolute Gasteiger partial charge is 0.320 e. The molecule has 0 aliphatic carbocycles. The lowest BCUT2D eigenvalue weighted by Crippen LogP contribution is -2.38. The summed E-state index contributed by atoms with van der Waals surface area (Å²) in [7, 11) is 3.36. The van der Waals surface area contributed by atoms with Crippen molar-refractivity contribution in [2.75, 3.05) is 20.7 Å². The number of hydrogen-bond donors (Lipinski definition) is 4. The van der Waals surface area contributed by atoms with E-state index in [1.54, 1.807) is 19.0 Å². The third-order valence-electron chi connectivity index (χ3n) is 1.58. The Labute approximate surface area is 82.3 Å². The van der Waals surface area contributed by atoms with Gasteiger partial charge >= 0.3 is 5.97 Å². The van der Waals surface area contributed by atoms with E-state index in [0.29, 0.717) is 6.42 Å². The van der Waals surface area contributed by atoms with Gasteiger partial charge in [0.2, 0.25) is 5.96 Å². The Balaban J connectivity index is 3.73. The zero-order valence-electron chi connectivity index (χ0n) is 8.28. The van der Waals surface area contributed by atoms with Gasteiger partial charge in [-0.2, -0.15) is 0 Å². The predicted octanol–water partition coefficient (Wildman–Crippen LogP) is -1.19. The number of nitrogens with one attached hydrogen (secondary N) is 2. The van der Waals surface area contributed by atoms with Gasteiger partial charge < -0.3 is 10.8 Å². The molecule has 1 atom stereocenters. The van der Waals surface area contributed by atoms with E-state index in [1.165, 1.54) is 0 Å². The van der Waals surface area contributed by atoms with Gasteiger partial charge in [0.05, 0.1) is 6.61 Å². The number of carboxylic acid groups (broad SMARTS) is 1. The fourth-order valence-electron chi connectivity index (χ4n) is 0.902. The Kier molecular flexibility index (Phi) is 5.58. The highest BCUT2D eigenvalue weighted by molar-refractivity contribution is 5.73. The second-order valence-corrected chi connectivity index (χ2v) is 2.97. The lowest BCUT2D eigenvalue weighted by Gasteiger charge is -2.19. The molecule has 0 amide bonds. The minimum atomic E-state index is -0.901. The van der Waals surface area contributed by atoms with Gasteiger partial charge in [-0.1, -0.05) is 0 Å². The van der Waals surface area contributed by atoms with Crippen molar-refractivity contribution in [3.05, 3.63) is 0 Å². The molecule has 0 bridgehead atoms. The van der Waals surface area contributed by atoms with Gasteiger partial charge in [-0.3, -0.25) is 19.9 Å². The van der Waals surface area contributed by atoms with E-state index in [9.17, 15) is 4.79 Å². The van der Waals surface area contributed by atoms with E-state index < -0.39 is 12.0 Å². The molecular formula is C7H16N4O3. The lowest BCUT2D eigenvalue weighted by molar-refractivity contribution is -0.143. The lowest BCUT2D eigenvalue weighted by atomic mass is 10.2. The van der Waals surface area contributed by atoms with E-state index in [1.807, 2.05) is 0 Å². The molecule has 0 heterocycles. The predicted molar refractivity (Wildman–Crippen MR) is 50.7 cm³/mol. The van der Waals surface area contributed by atoms with Crippen LogP contribution in [0.25, 0.3) is 0 Å². The summed E-state index contributed by atoms with van der Waals surface area (Å²) in [5, 5.41) is 15.5. The minimum absolute atomic E-state index is 0.175. The van der Waals surface area contributed by atoms with Crippen LogP contribution >= 0.6 is 0 Å². The van der Waals surface area contributed by atoms with Crippen molar-refractivity contribution < 1.29 is 14.7 Å². The molecule has 0 fully saturated rings. The second-order valence-electron chi connectivity index (χ2n) is 2.97. The molecule has 7 heteroatoms. The Morgan fingerprint density at radius 1 is 1.71 bits per heavy atom. The molecule has 0 aromatic heterocycles. The molecule has 0 saturated heterocycles. The fraction of sp³-hybridized carbons (Fsp3) is 0.714. The third kappa shape index (κ3) is 5.33. The van der Waals surface area contributed by atoms with Crippen molar-refractivity contribution in [2.24, 2.45) is 5.73 Å². The number of carboxylic acids is 1. The number of nitrogens with zero attached hydrogens (tertiary/aromatic N) is 1. The molecule has 0 radical (unpaired) electrons. The fourth-order valence-corrected chi connectivity index (χ4v) is 0.902. The van der Waals surface area contributed by atoms with Gasteiger partial charge in [-0.05, 0) is 20.5 Å². The van der Waals surface area contributed by atoms with Gasteiger partial charge in [-0.15, -0.1) is 0 Å². The maximum absolute atomic E-state index is 10.7. The summed E-state index contributed by atoms with van der Waals surface area (Å²) in [5.74, 6) is -1.21. The van der Waals surface area contributed by atoms with Crippen LogP contribution in [0.4, 0.5) is 0 Å². The Hall–Kier alpha value is -1.34. The number of nitrogens with two attached hydrogens (primary N) is 1. The molecule has 0 unspecified atom stereocenters. The highest BCUT2D eigenvalue weighted by Gasteiger charge is 2.19. The quantitative estimate of drug-likeness (QED) is 0.187. The van der Waals surface area contributed by atoms with E-state index in [2.05, 4.69) is 5.48 Å². The summed E-state index contributed by atoms with van der Waals surface area (Å²) in [5.41, 5.74) is 7.08. The largest absolute Gasteiger partial charge is 0.480 e. The number of rotatable bonds is 6. The van der Waals surface area contributed by atoms with E-state index in [-0.39, 0.29) is 12.6 Å². The van der Waals surface area contributed by atoms with Crippen molar-refractivity contribution in [3.8, 4) is 0 Å². The summed E-state index contributed by atoms with van der Waals surface area (Å²) < 4.78 is 0. The van der Waals surface area contributed by atoms with Crippen LogP contribution in [0.2, 0.25) is 0 Å². The van der Waals surface area contributed by atoms with Crippen LogP contribution in [0, 0.1) is 5.41 Å². The van der Waals surface area contributed by atoms with Gasteiger partial charge in [0, 0.05) is 0 Å². The van der Waals surface area contributed by atoms with Crippen LogP contribution in [0.5, 0.6) is 0 Å². The average molecular weight is 204 g/mol. The first-order valence-electron chi connectivity index (χ1n) is 4.06. The molecule has 0 saturated carbocycles. The first kappa shape index (κ1) is 12.7. The molecule has 0 aromatic carbocycles. The zero-order valence-corrected chi connectivity index (χ0v) is 8.28. The standard InChI is InChI=1S/C7H16N4O3/c1-11(2)5(6(12)13)3-4-14-10-7(8)9/h5H,3-4H2,1-2H3,(H,12,13)(H4,8,9,10)/t5-/m0/s1. The number of hydrogen-bond acceptors (Lipinski definition) is 4. The van der Waals surface area contributed by atoms with Gasteiger partial charge in [-0.25, -0.2) is 5.48 Å². The summed E-state index contributed by atoms with van der Waals surface area (Å²) >= 11 is 0. The molecule has 0 aromatic rings. The summed E-state index contributed by atoms with van der Waals surface area (Å²) in [4.78, 5) is 17.0. The minimum Gasteiger partial charge on any atom is -0.480 e. The average Bonchev–Trinajstić information content (AvgIpc) is 2.01. The highest BCUT2D eigenvalue weighted by atomic mass is 16.6. The van der Waals surface area contributed by atoms with Crippen LogP contribution in [0.15, 0.2) is 0 Å². The molecular weight excluding hydrogens is 188 g/mol. The van der Waals surface area contributed by atoms with Crippen molar-refractivity contribution in [2.45, 2.75) is 12.5 Å². The van der Waals surface area contributed by atoms with Crippen LogP contribution in [0.3, 0.4) is 0 Å². The Morgan fingerprint density at radius 2 is 2.29 bits per heavy atom. The molecule has 0 aliphatic heterocycles. The summed E-state index contributed by atoms with van der Waals surface area (Å²) in [6.45, 7) is 0.175. The molecule has 14 heavy (non-hydrogen) atoms. The molecule has 82 valence electrons. The highest BCUT2D eigenvalue weighted by Crippen LogP contribution is 1.99. The topological polar surface area (TPSA) is 112 Å². The van der Waals surface area contributed by atoms with Crippen molar-refractivity contribution in [1.29, 1.82) is 5.41 Å². The third-order valence-corrected chi connectivity index (χ3v) is 1.58. The first-order valence-corrected chi connectivity index (χ1v) is 4.06. The second kappa shape index (κ2) is 6.17. The number of guanidine groups is 1. The summed E-state index contributed by atoms with van der Waals surface area (Å²) in [6, 6.07) is -0.594. The molecule has 0 aliphatic rings. The maximum Gasteiger partial charge on any atom is 0.320 e. The van der Waals surface area contributed by atoms with Crippen molar-refractivity contribution in [3.63, 3.8) is 0 Å². The number of aliphatic carboxylic acids is 1. The number of hydroxylamine groups is 1. The van der Waals surface area contributed by atoms with Crippen LogP contribution in [0.1, 0.15) is 6.42 Å². The van der Waals surface area contributed by atoms with Crippen molar-refractivity contribution >= 4 is 11.9 Å². The van der Waals surface area contributed by atoms with Crippen molar-refractivity contribution in [1.82, 2.24) is 10.4 Å². The molecule has 7 nitrogen and oxygen atoms in total.